The summed E-state index contributed by atoms with van der Waals surface area (Å²) in [6.45, 7) is 0.565. The van der Waals surface area contributed by atoms with Gasteiger partial charge in [0, 0.05) is 31.6 Å². The Hall–Kier alpha value is -4.64. The fraction of sp³-hybridized carbons (Fsp3) is 0.394. The number of methoxy groups -OCH3 is 6. The molecular weight excluding hydrogens is 568 g/mol. The average molecular weight is 611 g/mol. The molecule has 238 valence electrons. The highest BCUT2D eigenvalue weighted by atomic mass is 16.5. The lowest BCUT2D eigenvalue weighted by Gasteiger charge is -2.23. The van der Waals surface area contributed by atoms with Gasteiger partial charge in [-0.15, -0.1) is 0 Å². The minimum Gasteiger partial charge on any atom is -0.497 e. The zero-order chi connectivity index (χ0) is 32.1. The van der Waals surface area contributed by atoms with Crippen LogP contribution in [0.4, 0.5) is 0 Å². The SMILES string of the molecule is COc1ccc(CCNC(=O)C[C@H](C(=O)NCCc2ccc(OC)cc2OC)[C@@H](O)c2ccc(OC)c(OC)c2)c(OC)c1. The summed E-state index contributed by atoms with van der Waals surface area (Å²) in [7, 11) is 9.28. The molecule has 0 fully saturated rings. The molecule has 0 spiro atoms. The molecule has 3 rings (SSSR count). The summed E-state index contributed by atoms with van der Waals surface area (Å²) in [5, 5.41) is 17.1. The number of aliphatic hydroxyl groups excluding tert-OH is 1. The summed E-state index contributed by atoms with van der Waals surface area (Å²) in [5.74, 6) is 1.54. The zero-order valence-corrected chi connectivity index (χ0v) is 26.1. The summed E-state index contributed by atoms with van der Waals surface area (Å²) in [6.07, 6.45) is -0.573. The minimum atomic E-state index is -1.29. The molecule has 11 nitrogen and oxygen atoms in total. The van der Waals surface area contributed by atoms with Crippen molar-refractivity contribution in [3.05, 3.63) is 71.3 Å². The van der Waals surface area contributed by atoms with Crippen LogP contribution in [0.1, 0.15) is 29.2 Å². The molecule has 0 aliphatic carbocycles. The maximum Gasteiger partial charge on any atom is 0.226 e. The Balaban J connectivity index is 1.72. The highest BCUT2D eigenvalue weighted by Crippen LogP contribution is 2.33. The van der Waals surface area contributed by atoms with Crippen molar-refractivity contribution in [2.24, 2.45) is 5.92 Å². The molecule has 11 heteroatoms. The van der Waals surface area contributed by atoms with Crippen molar-refractivity contribution >= 4 is 11.8 Å². The molecule has 0 aliphatic heterocycles. The molecule has 2 atom stereocenters. The fourth-order valence-electron chi connectivity index (χ4n) is 4.79. The van der Waals surface area contributed by atoms with Crippen LogP contribution in [0.3, 0.4) is 0 Å². The number of hydrogen-bond acceptors (Lipinski definition) is 9. The molecule has 3 aromatic carbocycles. The Morgan fingerprint density at radius 2 is 1.16 bits per heavy atom. The van der Waals surface area contributed by atoms with Crippen LogP contribution in [0.25, 0.3) is 0 Å². The zero-order valence-electron chi connectivity index (χ0n) is 26.1. The summed E-state index contributed by atoms with van der Waals surface area (Å²) < 4.78 is 32.1. The van der Waals surface area contributed by atoms with Gasteiger partial charge in [0.05, 0.1) is 54.7 Å². The molecule has 0 radical (unpaired) electrons. The van der Waals surface area contributed by atoms with Crippen molar-refractivity contribution in [1.29, 1.82) is 0 Å². The molecule has 0 saturated heterocycles. The van der Waals surface area contributed by atoms with E-state index in [1.807, 2.05) is 24.3 Å². The number of ether oxygens (including phenoxy) is 6. The van der Waals surface area contributed by atoms with Gasteiger partial charge in [-0.05, 0) is 53.8 Å². The van der Waals surface area contributed by atoms with Gasteiger partial charge in [0.1, 0.15) is 23.0 Å². The van der Waals surface area contributed by atoms with E-state index < -0.39 is 17.9 Å². The third-order valence-electron chi connectivity index (χ3n) is 7.27. The number of rotatable bonds is 17. The van der Waals surface area contributed by atoms with Crippen molar-refractivity contribution in [2.45, 2.75) is 25.4 Å². The molecule has 0 aromatic heterocycles. The molecule has 0 unspecified atom stereocenters. The van der Waals surface area contributed by atoms with E-state index in [4.69, 9.17) is 28.4 Å². The number of nitrogens with one attached hydrogen (secondary N) is 2. The first-order valence-electron chi connectivity index (χ1n) is 14.1. The lowest BCUT2D eigenvalue weighted by Crippen LogP contribution is -2.39. The smallest absolute Gasteiger partial charge is 0.226 e. The van der Waals surface area contributed by atoms with Crippen LogP contribution < -0.4 is 39.1 Å². The van der Waals surface area contributed by atoms with Crippen LogP contribution in [0.5, 0.6) is 34.5 Å². The Bertz CT molecular complexity index is 1400. The van der Waals surface area contributed by atoms with E-state index in [2.05, 4.69) is 10.6 Å². The number of carbonyl (C=O) groups excluding carboxylic acids is 2. The summed E-state index contributed by atoms with van der Waals surface area (Å²) in [5.41, 5.74) is 2.18. The van der Waals surface area contributed by atoms with Crippen molar-refractivity contribution in [3.8, 4) is 34.5 Å². The van der Waals surface area contributed by atoms with Crippen molar-refractivity contribution in [2.75, 3.05) is 55.7 Å². The van der Waals surface area contributed by atoms with Gasteiger partial charge in [-0.1, -0.05) is 18.2 Å². The van der Waals surface area contributed by atoms with Gasteiger partial charge in [0.25, 0.3) is 0 Å². The van der Waals surface area contributed by atoms with Gasteiger partial charge in [0.2, 0.25) is 11.8 Å². The second-order valence-electron chi connectivity index (χ2n) is 9.87. The molecule has 0 bridgehead atoms. The van der Waals surface area contributed by atoms with Crippen LogP contribution in [0.2, 0.25) is 0 Å². The van der Waals surface area contributed by atoms with E-state index in [1.165, 1.54) is 14.2 Å². The fourth-order valence-corrected chi connectivity index (χ4v) is 4.79. The summed E-state index contributed by atoms with van der Waals surface area (Å²) in [6, 6.07) is 15.8. The molecule has 44 heavy (non-hydrogen) atoms. The predicted molar refractivity (Wildman–Crippen MR) is 165 cm³/mol. The van der Waals surface area contributed by atoms with Gasteiger partial charge >= 0.3 is 0 Å². The van der Waals surface area contributed by atoms with Crippen molar-refractivity contribution < 1.29 is 43.1 Å². The Labute approximate surface area is 258 Å². The van der Waals surface area contributed by atoms with Crippen LogP contribution in [-0.2, 0) is 22.4 Å². The van der Waals surface area contributed by atoms with E-state index in [0.717, 1.165) is 11.1 Å². The second kappa shape index (κ2) is 16.9. The highest BCUT2D eigenvalue weighted by molar-refractivity contribution is 5.86. The normalized spacial score (nSPS) is 12.0. The second-order valence-corrected chi connectivity index (χ2v) is 9.87. The Morgan fingerprint density at radius 1 is 0.636 bits per heavy atom. The third-order valence-corrected chi connectivity index (χ3v) is 7.27. The molecular formula is C33H42N2O9. The van der Waals surface area contributed by atoms with E-state index in [-0.39, 0.29) is 18.9 Å². The van der Waals surface area contributed by atoms with Crippen LogP contribution in [0, 0.1) is 5.92 Å². The molecule has 0 heterocycles. The van der Waals surface area contributed by atoms with Gasteiger partial charge in [0.15, 0.2) is 11.5 Å². The van der Waals surface area contributed by atoms with Gasteiger partial charge < -0.3 is 44.2 Å². The Morgan fingerprint density at radius 3 is 1.66 bits per heavy atom. The standard InChI is InChI=1S/C33H42N2O9/c1-39-24-10-7-21(28(18-24)42-4)13-15-34-31(36)20-26(32(37)23-9-12-27(41-3)30(17-23)44-6)33(38)35-16-14-22-8-11-25(40-2)19-29(22)43-5/h7-12,17-19,26,32,37H,13-16,20H2,1-6H3,(H,34,36)(H,35,38)/t26-,32-/m0/s1. The van der Waals surface area contributed by atoms with Crippen LogP contribution in [-0.4, -0.2) is 72.7 Å². The van der Waals surface area contributed by atoms with E-state index in [0.29, 0.717) is 59.4 Å². The van der Waals surface area contributed by atoms with Crippen LogP contribution >= 0.6 is 0 Å². The lowest BCUT2D eigenvalue weighted by molar-refractivity contribution is -0.134. The first-order valence-corrected chi connectivity index (χ1v) is 14.1. The topological polar surface area (TPSA) is 134 Å². The predicted octanol–water partition coefficient (Wildman–Crippen LogP) is 3.50. The minimum absolute atomic E-state index is 0.243. The van der Waals surface area contributed by atoms with E-state index >= 15 is 0 Å². The summed E-state index contributed by atoms with van der Waals surface area (Å²) in [4.78, 5) is 26.5. The Kier molecular flexibility index (Phi) is 13.0. The maximum atomic E-state index is 13.5. The van der Waals surface area contributed by atoms with Crippen LogP contribution in [0.15, 0.2) is 54.6 Å². The number of aliphatic hydroxyl groups is 1. The first-order chi connectivity index (χ1) is 21.3. The summed E-state index contributed by atoms with van der Waals surface area (Å²) >= 11 is 0. The third kappa shape index (κ3) is 8.93. The molecule has 2 amide bonds. The monoisotopic (exact) mass is 610 g/mol. The average Bonchev–Trinajstić information content (AvgIpc) is 3.06. The number of amides is 2. The molecule has 0 aliphatic rings. The van der Waals surface area contributed by atoms with E-state index in [9.17, 15) is 14.7 Å². The largest absolute Gasteiger partial charge is 0.497 e. The van der Waals surface area contributed by atoms with Gasteiger partial charge in [-0.25, -0.2) is 0 Å². The maximum absolute atomic E-state index is 13.5. The van der Waals surface area contributed by atoms with E-state index in [1.54, 1.807) is 58.8 Å². The van der Waals surface area contributed by atoms with Gasteiger partial charge in [-0.2, -0.15) is 0 Å². The van der Waals surface area contributed by atoms with Gasteiger partial charge in [-0.3, -0.25) is 9.59 Å². The van der Waals surface area contributed by atoms with Crippen molar-refractivity contribution in [1.82, 2.24) is 10.6 Å². The molecule has 3 N–H and O–H groups in total. The quantitative estimate of drug-likeness (QED) is 0.210. The first kappa shape index (κ1) is 33.9. The number of benzene rings is 3. The molecule has 3 aromatic rings. The highest BCUT2D eigenvalue weighted by Gasteiger charge is 2.31. The number of hydrogen-bond donors (Lipinski definition) is 3. The lowest BCUT2D eigenvalue weighted by atomic mass is 9.91. The van der Waals surface area contributed by atoms with Crippen molar-refractivity contribution in [3.63, 3.8) is 0 Å². The molecule has 0 saturated carbocycles. The number of carbonyl (C=O) groups is 2.